The van der Waals surface area contributed by atoms with Gasteiger partial charge in [0, 0.05) is 0 Å². The molecular formula is C23H48O4S. The highest BCUT2D eigenvalue weighted by Crippen LogP contribution is 2.16. The van der Waals surface area contributed by atoms with Gasteiger partial charge in [0.15, 0.2) is 0 Å². The average molecular weight is 421 g/mol. The minimum atomic E-state index is -3.85. The van der Waals surface area contributed by atoms with E-state index >= 15 is 0 Å². The van der Waals surface area contributed by atoms with Crippen LogP contribution < -0.4 is 0 Å². The van der Waals surface area contributed by atoms with Gasteiger partial charge >= 0.3 is 0 Å². The lowest BCUT2D eigenvalue weighted by Crippen LogP contribution is -2.16. The molecule has 0 aliphatic carbocycles. The molecule has 170 valence electrons. The average Bonchev–Trinajstić information content (AvgIpc) is 2.64. The van der Waals surface area contributed by atoms with Crippen molar-refractivity contribution in [3.63, 3.8) is 0 Å². The molecular weight excluding hydrogens is 372 g/mol. The normalized spacial score (nSPS) is 14.3. The minimum absolute atomic E-state index is 0.107. The lowest BCUT2D eigenvalue weighted by Gasteiger charge is -2.10. The molecule has 4 nitrogen and oxygen atoms in total. The molecule has 0 spiro atoms. The summed E-state index contributed by atoms with van der Waals surface area (Å²) in [7, 11) is -3.85. The van der Waals surface area contributed by atoms with Gasteiger partial charge in [-0.2, -0.15) is 8.42 Å². The van der Waals surface area contributed by atoms with Crippen LogP contribution in [0.3, 0.4) is 0 Å². The number of hydrogen-bond donors (Lipinski definition) is 2. The zero-order valence-corrected chi connectivity index (χ0v) is 19.5. The molecule has 0 saturated carbocycles. The Morgan fingerprint density at radius 1 is 0.607 bits per heavy atom. The van der Waals surface area contributed by atoms with Crippen molar-refractivity contribution in [3.8, 4) is 0 Å². The molecule has 0 saturated heterocycles. The van der Waals surface area contributed by atoms with Crippen LogP contribution in [0.1, 0.15) is 136 Å². The monoisotopic (exact) mass is 420 g/mol. The van der Waals surface area contributed by atoms with Gasteiger partial charge in [-0.1, -0.05) is 110 Å². The summed E-state index contributed by atoms with van der Waals surface area (Å²) in [5.41, 5.74) is 0. The van der Waals surface area contributed by atoms with Crippen LogP contribution in [0.5, 0.6) is 0 Å². The summed E-state index contributed by atoms with van der Waals surface area (Å²) in [5.74, 6) is 0. The van der Waals surface area contributed by atoms with Gasteiger partial charge < -0.3 is 5.11 Å². The Balaban J connectivity index is 3.27. The molecule has 0 aromatic heterocycles. The maximum atomic E-state index is 10.9. The van der Waals surface area contributed by atoms with Crippen LogP contribution in [0, 0.1) is 0 Å². The van der Waals surface area contributed by atoms with Crippen LogP contribution in [0.15, 0.2) is 0 Å². The van der Waals surface area contributed by atoms with Gasteiger partial charge in [-0.25, -0.2) is 0 Å². The SMILES string of the molecule is CCCCCCCCCCC(O)CCCCCCCCCCC(C)S(=O)(=O)O. The fourth-order valence-corrected chi connectivity index (χ4v) is 4.14. The van der Waals surface area contributed by atoms with Crippen LogP contribution in [-0.2, 0) is 10.1 Å². The molecule has 0 radical (unpaired) electrons. The lowest BCUT2D eigenvalue weighted by molar-refractivity contribution is 0.147. The fraction of sp³-hybridized carbons (Fsp3) is 1.00. The van der Waals surface area contributed by atoms with E-state index < -0.39 is 15.4 Å². The first-order valence-corrected chi connectivity index (χ1v) is 13.5. The predicted octanol–water partition coefficient (Wildman–Crippen LogP) is 7.06. The lowest BCUT2D eigenvalue weighted by atomic mass is 10.0. The minimum Gasteiger partial charge on any atom is -0.393 e. The number of unbranched alkanes of at least 4 members (excludes halogenated alkanes) is 14. The zero-order valence-electron chi connectivity index (χ0n) is 18.7. The second kappa shape index (κ2) is 18.9. The molecule has 0 aliphatic rings. The zero-order chi connectivity index (χ0) is 21.1. The second-order valence-corrected chi connectivity index (χ2v) is 10.5. The summed E-state index contributed by atoms with van der Waals surface area (Å²) in [6.07, 6.45) is 21.9. The first kappa shape index (κ1) is 27.9. The fourth-order valence-electron chi connectivity index (χ4n) is 3.68. The van der Waals surface area contributed by atoms with Crippen LogP contribution in [0.4, 0.5) is 0 Å². The molecule has 0 amide bonds. The van der Waals surface area contributed by atoms with Crippen molar-refractivity contribution >= 4 is 10.1 Å². The molecule has 2 atom stereocenters. The van der Waals surface area contributed by atoms with Crippen LogP contribution >= 0.6 is 0 Å². The molecule has 5 heteroatoms. The number of hydrogen-bond acceptors (Lipinski definition) is 3. The van der Waals surface area contributed by atoms with Gasteiger partial charge in [-0.15, -0.1) is 0 Å². The van der Waals surface area contributed by atoms with E-state index in [2.05, 4.69) is 6.92 Å². The van der Waals surface area contributed by atoms with Crippen molar-refractivity contribution in [1.82, 2.24) is 0 Å². The van der Waals surface area contributed by atoms with Crippen molar-refractivity contribution in [3.05, 3.63) is 0 Å². The number of rotatable bonds is 21. The molecule has 2 unspecified atom stereocenters. The third-order valence-corrected chi connectivity index (χ3v) is 7.05. The molecule has 0 bridgehead atoms. The second-order valence-electron chi connectivity index (χ2n) is 8.65. The molecule has 0 aliphatic heterocycles. The topological polar surface area (TPSA) is 74.6 Å². The summed E-state index contributed by atoms with van der Waals surface area (Å²) in [6, 6.07) is 0. The molecule has 0 aromatic carbocycles. The van der Waals surface area contributed by atoms with E-state index in [1.807, 2.05) is 0 Å². The van der Waals surface area contributed by atoms with E-state index in [1.54, 1.807) is 6.92 Å². The van der Waals surface area contributed by atoms with Gasteiger partial charge in [-0.3, -0.25) is 4.55 Å². The Morgan fingerprint density at radius 3 is 1.29 bits per heavy atom. The highest BCUT2D eigenvalue weighted by molar-refractivity contribution is 7.86. The third kappa shape index (κ3) is 19.2. The van der Waals surface area contributed by atoms with E-state index in [0.717, 1.165) is 38.5 Å². The molecule has 2 N–H and O–H groups in total. The Bertz CT molecular complexity index is 422. The van der Waals surface area contributed by atoms with E-state index in [0.29, 0.717) is 6.42 Å². The molecule has 0 heterocycles. The molecule has 0 fully saturated rings. The van der Waals surface area contributed by atoms with Gasteiger partial charge in [-0.05, 0) is 26.2 Å². The number of aliphatic hydroxyl groups excluding tert-OH is 1. The Hall–Kier alpha value is -0.130. The van der Waals surface area contributed by atoms with Crippen molar-refractivity contribution in [2.24, 2.45) is 0 Å². The summed E-state index contributed by atoms with van der Waals surface area (Å²) >= 11 is 0. The first-order valence-electron chi connectivity index (χ1n) is 12.0. The standard InChI is InChI=1S/C23H48O4S/c1-3-4-5-6-7-11-14-17-20-23(24)21-18-15-12-9-8-10-13-16-19-22(2)28(25,26)27/h22-24H,3-21H2,1-2H3,(H,25,26,27). The van der Waals surface area contributed by atoms with Crippen LogP contribution in [0.25, 0.3) is 0 Å². The summed E-state index contributed by atoms with van der Waals surface area (Å²) < 4.78 is 30.7. The predicted molar refractivity (Wildman–Crippen MR) is 120 cm³/mol. The van der Waals surface area contributed by atoms with E-state index in [1.165, 1.54) is 77.0 Å². The Kier molecular flexibility index (Phi) is 18.8. The molecule has 0 aromatic rings. The van der Waals surface area contributed by atoms with Gasteiger partial charge in [0.25, 0.3) is 10.1 Å². The summed E-state index contributed by atoms with van der Waals surface area (Å²) in [6.45, 7) is 3.82. The Labute approximate surface area is 175 Å². The largest absolute Gasteiger partial charge is 0.393 e. The third-order valence-electron chi connectivity index (χ3n) is 5.80. The molecule has 0 rings (SSSR count). The number of aliphatic hydroxyl groups is 1. The highest BCUT2D eigenvalue weighted by Gasteiger charge is 2.15. The van der Waals surface area contributed by atoms with E-state index in [4.69, 9.17) is 4.55 Å². The van der Waals surface area contributed by atoms with Crippen molar-refractivity contribution in [2.45, 2.75) is 147 Å². The van der Waals surface area contributed by atoms with Gasteiger partial charge in [0.1, 0.15) is 0 Å². The quantitative estimate of drug-likeness (QED) is 0.154. The van der Waals surface area contributed by atoms with Gasteiger partial charge in [0.2, 0.25) is 0 Å². The maximum absolute atomic E-state index is 10.9. The smallest absolute Gasteiger partial charge is 0.267 e. The van der Waals surface area contributed by atoms with Crippen LogP contribution in [0.2, 0.25) is 0 Å². The van der Waals surface area contributed by atoms with Crippen molar-refractivity contribution in [1.29, 1.82) is 0 Å². The summed E-state index contributed by atoms with van der Waals surface area (Å²) in [5, 5.41) is 9.43. The first-order chi connectivity index (χ1) is 13.4. The van der Waals surface area contributed by atoms with Gasteiger partial charge in [0.05, 0.1) is 11.4 Å². The maximum Gasteiger partial charge on any atom is 0.267 e. The van der Waals surface area contributed by atoms with E-state index in [-0.39, 0.29) is 6.10 Å². The summed E-state index contributed by atoms with van der Waals surface area (Å²) in [4.78, 5) is 0. The van der Waals surface area contributed by atoms with Crippen molar-refractivity contribution in [2.75, 3.05) is 0 Å². The van der Waals surface area contributed by atoms with E-state index in [9.17, 15) is 13.5 Å². The van der Waals surface area contributed by atoms with Crippen molar-refractivity contribution < 1.29 is 18.1 Å². The Morgan fingerprint density at radius 2 is 0.929 bits per heavy atom. The van der Waals surface area contributed by atoms with Crippen LogP contribution in [-0.4, -0.2) is 29.4 Å². The molecule has 28 heavy (non-hydrogen) atoms. The highest BCUT2D eigenvalue weighted by atomic mass is 32.2.